The van der Waals surface area contributed by atoms with Crippen molar-refractivity contribution in [2.75, 3.05) is 79.7 Å². The lowest BCUT2D eigenvalue weighted by molar-refractivity contribution is -0.137. The fourth-order valence-electron chi connectivity index (χ4n) is 5.34. The maximum absolute atomic E-state index is 13.0. The average molecular weight is 511 g/mol. The van der Waals surface area contributed by atoms with Crippen molar-refractivity contribution in [3.8, 4) is 0 Å². The smallest absolute Gasteiger partial charge is 0.225 e. The van der Waals surface area contributed by atoms with Gasteiger partial charge in [-0.2, -0.15) is 0 Å². The fraction of sp³-hybridized carbons (Fsp3) is 0.929. The Morgan fingerprint density at radius 2 is 1.44 bits per heavy atom. The Balaban J connectivity index is 1.62. The molecule has 0 aliphatic carbocycles. The lowest BCUT2D eigenvalue weighted by atomic mass is 9.94. The van der Waals surface area contributed by atoms with Crippen molar-refractivity contribution in [1.29, 1.82) is 0 Å². The van der Waals surface area contributed by atoms with Gasteiger partial charge in [-0.3, -0.25) is 19.4 Å². The maximum Gasteiger partial charge on any atom is 0.225 e. The summed E-state index contributed by atoms with van der Waals surface area (Å²) >= 11 is 0. The first-order chi connectivity index (χ1) is 17.0. The third-order valence-corrected chi connectivity index (χ3v) is 7.62. The van der Waals surface area contributed by atoms with Crippen molar-refractivity contribution in [2.24, 2.45) is 17.8 Å². The zero-order chi connectivity index (χ0) is 26.7. The Labute approximate surface area is 220 Å². The van der Waals surface area contributed by atoms with Gasteiger partial charge in [0, 0.05) is 72.8 Å². The summed E-state index contributed by atoms with van der Waals surface area (Å²) in [7, 11) is 3.76. The minimum atomic E-state index is 0.0473. The van der Waals surface area contributed by atoms with Crippen molar-refractivity contribution in [2.45, 2.75) is 72.5 Å². The van der Waals surface area contributed by atoms with Crippen LogP contribution in [0.2, 0.25) is 0 Å². The van der Waals surface area contributed by atoms with Crippen molar-refractivity contribution >= 4 is 11.8 Å². The summed E-state index contributed by atoms with van der Waals surface area (Å²) in [5.41, 5.74) is 0. The van der Waals surface area contributed by atoms with Crippen LogP contribution >= 0.6 is 0 Å². The normalized spacial score (nSPS) is 23.4. The average Bonchev–Trinajstić information content (AvgIpc) is 2.82. The second kappa shape index (κ2) is 15.9. The number of likely N-dealkylation sites (N-methyl/N-ethyl adjacent to an activating group) is 2. The summed E-state index contributed by atoms with van der Waals surface area (Å²) in [5.74, 6) is 1.62. The van der Waals surface area contributed by atoms with E-state index in [0.717, 1.165) is 71.7 Å². The molecule has 2 aliphatic rings. The van der Waals surface area contributed by atoms with Crippen LogP contribution in [0.4, 0.5) is 0 Å². The molecule has 2 unspecified atom stereocenters. The predicted octanol–water partition coefficient (Wildman–Crippen LogP) is 2.81. The molecule has 0 aromatic rings. The van der Waals surface area contributed by atoms with Crippen molar-refractivity contribution in [3.05, 3.63) is 0 Å². The number of morpholine rings is 2. The van der Waals surface area contributed by atoms with E-state index in [0.29, 0.717) is 24.9 Å². The van der Waals surface area contributed by atoms with Crippen LogP contribution in [0.1, 0.15) is 60.3 Å². The number of carbonyl (C=O) groups excluding carboxylic acids is 2. The van der Waals surface area contributed by atoms with Crippen LogP contribution < -0.4 is 0 Å². The maximum atomic E-state index is 13.0. The van der Waals surface area contributed by atoms with Gasteiger partial charge in [0.1, 0.15) is 0 Å². The zero-order valence-corrected chi connectivity index (χ0v) is 24.2. The van der Waals surface area contributed by atoms with Gasteiger partial charge in [0.2, 0.25) is 11.8 Å². The Bertz CT molecular complexity index is 661. The van der Waals surface area contributed by atoms with Gasteiger partial charge >= 0.3 is 0 Å². The van der Waals surface area contributed by atoms with E-state index in [2.05, 4.69) is 37.5 Å². The van der Waals surface area contributed by atoms with E-state index in [4.69, 9.17) is 9.47 Å². The molecule has 0 bridgehead atoms. The van der Waals surface area contributed by atoms with Gasteiger partial charge in [-0.25, -0.2) is 0 Å². The highest BCUT2D eigenvalue weighted by Gasteiger charge is 2.26. The number of rotatable bonds is 14. The summed E-state index contributed by atoms with van der Waals surface area (Å²) < 4.78 is 11.8. The molecule has 2 aliphatic heterocycles. The first kappa shape index (κ1) is 31.0. The van der Waals surface area contributed by atoms with Gasteiger partial charge in [0.25, 0.3) is 0 Å². The SMILES string of the molecule is CC(=O)N(C)C[C@@H]1CN(CCCC(C)CCC(C)C(=O)N(C)C[C@H]2CN(CC(C)C)CCO2)CCO1. The van der Waals surface area contributed by atoms with E-state index in [1.807, 2.05) is 19.0 Å². The molecule has 0 aromatic heterocycles. The molecular formula is C28H54N4O4. The molecule has 0 N–H and O–H groups in total. The van der Waals surface area contributed by atoms with Crippen LogP contribution in [0.5, 0.6) is 0 Å². The first-order valence-electron chi connectivity index (χ1n) is 14.2. The molecule has 2 saturated heterocycles. The number of hydrogen-bond donors (Lipinski definition) is 0. The quantitative estimate of drug-likeness (QED) is 0.358. The van der Waals surface area contributed by atoms with Crippen LogP contribution in [0, 0.1) is 17.8 Å². The van der Waals surface area contributed by atoms with Gasteiger partial charge < -0.3 is 19.3 Å². The zero-order valence-electron chi connectivity index (χ0n) is 24.2. The van der Waals surface area contributed by atoms with E-state index in [-0.39, 0.29) is 29.9 Å². The number of nitrogens with zero attached hydrogens (tertiary/aromatic N) is 4. The number of ether oxygens (including phenoxy) is 2. The van der Waals surface area contributed by atoms with Crippen LogP contribution in [-0.2, 0) is 19.1 Å². The third kappa shape index (κ3) is 11.4. The van der Waals surface area contributed by atoms with Gasteiger partial charge in [-0.15, -0.1) is 0 Å². The molecule has 0 aromatic carbocycles. The number of hydrogen-bond acceptors (Lipinski definition) is 6. The Kier molecular flexibility index (Phi) is 13.7. The summed E-state index contributed by atoms with van der Waals surface area (Å²) in [6, 6.07) is 0. The van der Waals surface area contributed by atoms with Crippen LogP contribution in [0.15, 0.2) is 0 Å². The molecule has 2 fully saturated rings. The predicted molar refractivity (Wildman–Crippen MR) is 145 cm³/mol. The Morgan fingerprint density at radius 3 is 2.06 bits per heavy atom. The molecular weight excluding hydrogens is 456 g/mol. The van der Waals surface area contributed by atoms with Crippen LogP contribution in [0.3, 0.4) is 0 Å². The molecule has 36 heavy (non-hydrogen) atoms. The van der Waals surface area contributed by atoms with Crippen molar-refractivity contribution in [1.82, 2.24) is 19.6 Å². The number of carbonyl (C=O) groups is 2. The van der Waals surface area contributed by atoms with E-state index in [9.17, 15) is 9.59 Å². The van der Waals surface area contributed by atoms with E-state index >= 15 is 0 Å². The van der Waals surface area contributed by atoms with E-state index < -0.39 is 0 Å². The Morgan fingerprint density at radius 1 is 0.861 bits per heavy atom. The van der Waals surface area contributed by atoms with Crippen LogP contribution in [-0.4, -0.2) is 123 Å². The first-order valence-corrected chi connectivity index (χ1v) is 14.2. The lowest BCUT2D eigenvalue weighted by Gasteiger charge is -2.36. The lowest BCUT2D eigenvalue weighted by Crippen LogP contribution is -2.49. The molecule has 210 valence electrons. The van der Waals surface area contributed by atoms with E-state index in [1.54, 1.807) is 11.8 Å². The minimum Gasteiger partial charge on any atom is -0.374 e. The molecule has 8 heteroatoms. The third-order valence-electron chi connectivity index (χ3n) is 7.62. The molecule has 4 atom stereocenters. The molecule has 2 rings (SSSR count). The molecule has 0 radical (unpaired) electrons. The Hall–Kier alpha value is -1.22. The molecule has 8 nitrogen and oxygen atoms in total. The van der Waals surface area contributed by atoms with Crippen molar-refractivity contribution < 1.29 is 19.1 Å². The topological polar surface area (TPSA) is 65.6 Å². The monoisotopic (exact) mass is 510 g/mol. The minimum absolute atomic E-state index is 0.0473. The molecule has 2 heterocycles. The van der Waals surface area contributed by atoms with Gasteiger partial charge in [-0.05, 0) is 44.1 Å². The summed E-state index contributed by atoms with van der Waals surface area (Å²) in [6.45, 7) is 19.2. The van der Waals surface area contributed by atoms with Crippen LogP contribution in [0.25, 0.3) is 0 Å². The van der Waals surface area contributed by atoms with E-state index in [1.165, 1.54) is 6.42 Å². The highest BCUT2D eigenvalue weighted by molar-refractivity contribution is 5.78. The second-order valence-corrected chi connectivity index (χ2v) is 11.8. The highest BCUT2D eigenvalue weighted by atomic mass is 16.5. The largest absolute Gasteiger partial charge is 0.374 e. The van der Waals surface area contributed by atoms with Crippen molar-refractivity contribution in [3.63, 3.8) is 0 Å². The molecule has 0 spiro atoms. The molecule has 0 saturated carbocycles. The summed E-state index contributed by atoms with van der Waals surface area (Å²) in [4.78, 5) is 33.0. The highest BCUT2D eigenvalue weighted by Crippen LogP contribution is 2.19. The summed E-state index contributed by atoms with van der Waals surface area (Å²) in [6.07, 6.45) is 4.56. The summed E-state index contributed by atoms with van der Waals surface area (Å²) in [5, 5.41) is 0. The van der Waals surface area contributed by atoms with Gasteiger partial charge in [0.15, 0.2) is 0 Å². The standard InChI is InChI=1S/C28H54N4O4/c1-22(2)17-32-14-16-36-27(21-32)19-30(7)28(34)24(4)11-10-23(3)9-8-12-31-13-15-35-26(20-31)18-29(6)25(5)33/h22-24,26-27H,8-21H2,1-7H3/t23?,24?,26-,27+/m1/s1. The fourth-order valence-corrected chi connectivity index (χ4v) is 5.34. The second-order valence-electron chi connectivity index (χ2n) is 11.8. The molecule has 2 amide bonds. The van der Waals surface area contributed by atoms with Gasteiger partial charge in [-0.1, -0.05) is 27.7 Å². The van der Waals surface area contributed by atoms with Gasteiger partial charge in [0.05, 0.1) is 25.4 Å². The number of amides is 2.